The van der Waals surface area contributed by atoms with E-state index >= 15 is 0 Å². The molecule has 17 heavy (non-hydrogen) atoms. The van der Waals surface area contributed by atoms with Crippen LogP contribution in [0.3, 0.4) is 0 Å². The highest BCUT2D eigenvalue weighted by Crippen LogP contribution is 2.08. The average Bonchev–Trinajstić information content (AvgIpc) is 2.25. The predicted molar refractivity (Wildman–Crippen MR) is 67.9 cm³/mol. The van der Waals surface area contributed by atoms with Crippen LogP contribution in [0.15, 0.2) is 0 Å². The molecule has 0 spiro atoms. The number of amides is 1. The first-order chi connectivity index (χ1) is 8.15. The van der Waals surface area contributed by atoms with Gasteiger partial charge in [0.2, 0.25) is 5.91 Å². The Morgan fingerprint density at radius 1 is 1.35 bits per heavy atom. The molecule has 0 bridgehead atoms. The van der Waals surface area contributed by atoms with Gasteiger partial charge in [-0.25, -0.2) is 0 Å². The van der Waals surface area contributed by atoms with E-state index in [0.29, 0.717) is 18.4 Å². The van der Waals surface area contributed by atoms with Crippen LogP contribution in [0.4, 0.5) is 0 Å². The predicted octanol–water partition coefficient (Wildman–Crippen LogP) is -1.04. The fraction of sp³-hybridized carbons (Fsp3) is 0.917. The van der Waals surface area contributed by atoms with E-state index in [0.717, 1.165) is 39.3 Å². The fourth-order valence-electron chi connectivity index (χ4n) is 2.38. The Kier molecular flexibility index (Phi) is 4.36. The molecule has 0 radical (unpaired) electrons. The Morgan fingerprint density at radius 2 is 2.12 bits per heavy atom. The summed E-state index contributed by atoms with van der Waals surface area (Å²) in [5.74, 6) is 0.764. The van der Waals surface area contributed by atoms with Gasteiger partial charge < -0.3 is 15.5 Å². The molecule has 2 heterocycles. The number of nitrogens with one attached hydrogen (secondary N) is 2. The highest BCUT2D eigenvalue weighted by atomic mass is 16.1. The van der Waals surface area contributed by atoms with Gasteiger partial charge in [0.15, 0.2) is 0 Å². The number of carbonyl (C=O) groups excluding carboxylic acids is 1. The molecule has 5 nitrogen and oxygen atoms in total. The molecule has 0 aliphatic carbocycles. The first kappa shape index (κ1) is 12.8. The molecule has 0 aromatic heterocycles. The first-order valence-electron chi connectivity index (χ1n) is 6.51. The maximum absolute atomic E-state index is 11.7. The van der Waals surface area contributed by atoms with Crippen LogP contribution in [0, 0.1) is 5.92 Å². The van der Waals surface area contributed by atoms with Gasteiger partial charge in [0, 0.05) is 38.6 Å². The fourth-order valence-corrected chi connectivity index (χ4v) is 2.38. The number of rotatable bonds is 4. The van der Waals surface area contributed by atoms with Crippen LogP contribution in [0.1, 0.15) is 6.42 Å². The number of nitrogens with zero attached hydrogens (tertiary/aromatic N) is 2. The van der Waals surface area contributed by atoms with Crippen molar-refractivity contribution in [2.24, 2.45) is 5.92 Å². The number of hydrogen-bond donors (Lipinski definition) is 2. The lowest BCUT2D eigenvalue weighted by atomic mass is 9.99. The van der Waals surface area contributed by atoms with E-state index in [9.17, 15) is 4.79 Å². The zero-order valence-electron chi connectivity index (χ0n) is 10.9. The molecule has 2 saturated heterocycles. The highest BCUT2D eigenvalue weighted by Gasteiger charge is 2.24. The van der Waals surface area contributed by atoms with Crippen molar-refractivity contribution in [2.45, 2.75) is 12.5 Å². The maximum Gasteiger partial charge on any atom is 0.220 e. The summed E-state index contributed by atoms with van der Waals surface area (Å²) in [4.78, 5) is 16.4. The van der Waals surface area contributed by atoms with Gasteiger partial charge >= 0.3 is 0 Å². The minimum Gasteiger partial charge on any atom is -0.354 e. The summed E-state index contributed by atoms with van der Waals surface area (Å²) in [6.45, 7) is 6.03. The van der Waals surface area contributed by atoms with E-state index in [2.05, 4.69) is 34.5 Å². The summed E-state index contributed by atoms with van der Waals surface area (Å²) >= 11 is 0. The Balaban J connectivity index is 1.67. The third-order valence-corrected chi connectivity index (χ3v) is 3.86. The normalized spacial score (nSPS) is 27.8. The average molecular weight is 240 g/mol. The van der Waals surface area contributed by atoms with Crippen LogP contribution in [0.25, 0.3) is 0 Å². The third kappa shape index (κ3) is 3.66. The molecule has 98 valence electrons. The second-order valence-corrected chi connectivity index (χ2v) is 5.43. The van der Waals surface area contributed by atoms with Crippen LogP contribution >= 0.6 is 0 Å². The second-order valence-electron chi connectivity index (χ2n) is 5.43. The molecule has 2 aliphatic heterocycles. The topological polar surface area (TPSA) is 47.6 Å². The molecule has 0 aromatic rings. The summed E-state index contributed by atoms with van der Waals surface area (Å²) in [6.07, 6.45) is 0.680. The number of hydrogen-bond acceptors (Lipinski definition) is 4. The second kappa shape index (κ2) is 5.80. The van der Waals surface area contributed by atoms with Crippen LogP contribution in [-0.4, -0.2) is 75.1 Å². The van der Waals surface area contributed by atoms with Gasteiger partial charge in [0.1, 0.15) is 0 Å². The first-order valence-corrected chi connectivity index (χ1v) is 6.51. The summed E-state index contributed by atoms with van der Waals surface area (Å²) in [5, 5.41) is 6.26. The summed E-state index contributed by atoms with van der Waals surface area (Å²) < 4.78 is 0. The maximum atomic E-state index is 11.7. The zero-order valence-corrected chi connectivity index (χ0v) is 10.9. The minimum atomic E-state index is 0.207. The van der Waals surface area contributed by atoms with Gasteiger partial charge in [-0.1, -0.05) is 0 Å². The van der Waals surface area contributed by atoms with Gasteiger partial charge in [-0.3, -0.25) is 9.69 Å². The summed E-state index contributed by atoms with van der Waals surface area (Å²) in [5.41, 5.74) is 0. The molecule has 1 amide bonds. The van der Waals surface area contributed by atoms with Gasteiger partial charge in [-0.15, -0.1) is 0 Å². The van der Waals surface area contributed by atoms with Crippen molar-refractivity contribution in [1.82, 2.24) is 20.4 Å². The van der Waals surface area contributed by atoms with Crippen molar-refractivity contribution in [3.8, 4) is 0 Å². The molecule has 2 fully saturated rings. The van der Waals surface area contributed by atoms with Crippen molar-refractivity contribution >= 4 is 5.91 Å². The Morgan fingerprint density at radius 3 is 2.76 bits per heavy atom. The van der Waals surface area contributed by atoms with Crippen molar-refractivity contribution in [1.29, 1.82) is 0 Å². The zero-order chi connectivity index (χ0) is 12.3. The van der Waals surface area contributed by atoms with E-state index in [4.69, 9.17) is 0 Å². The lowest BCUT2D eigenvalue weighted by molar-refractivity contribution is -0.122. The van der Waals surface area contributed by atoms with Gasteiger partial charge in [-0.05, 0) is 33.1 Å². The van der Waals surface area contributed by atoms with E-state index in [1.807, 2.05) is 0 Å². The van der Waals surface area contributed by atoms with Crippen LogP contribution in [0.5, 0.6) is 0 Å². The van der Waals surface area contributed by atoms with E-state index in [1.165, 1.54) is 0 Å². The van der Waals surface area contributed by atoms with Crippen molar-refractivity contribution in [3.63, 3.8) is 0 Å². The van der Waals surface area contributed by atoms with E-state index in [-0.39, 0.29) is 5.91 Å². The number of piperazine rings is 1. The smallest absolute Gasteiger partial charge is 0.220 e. The molecule has 0 aromatic carbocycles. The van der Waals surface area contributed by atoms with Crippen molar-refractivity contribution < 1.29 is 4.79 Å². The summed E-state index contributed by atoms with van der Waals surface area (Å²) in [7, 11) is 4.28. The molecule has 0 saturated carbocycles. The number of carbonyl (C=O) groups is 1. The Labute approximate surface area is 104 Å². The van der Waals surface area contributed by atoms with E-state index in [1.54, 1.807) is 0 Å². The monoisotopic (exact) mass is 240 g/mol. The largest absolute Gasteiger partial charge is 0.354 e. The molecule has 1 unspecified atom stereocenters. The highest BCUT2D eigenvalue weighted by molar-refractivity contribution is 5.76. The van der Waals surface area contributed by atoms with Crippen molar-refractivity contribution in [2.75, 3.05) is 53.4 Å². The molecule has 2 rings (SSSR count). The molecule has 2 N–H and O–H groups in total. The van der Waals surface area contributed by atoms with Gasteiger partial charge in [0.05, 0.1) is 0 Å². The Hall–Kier alpha value is -0.650. The van der Waals surface area contributed by atoms with E-state index < -0.39 is 0 Å². The van der Waals surface area contributed by atoms with Crippen LogP contribution < -0.4 is 10.6 Å². The lowest BCUT2D eigenvalue weighted by Crippen LogP contribution is -2.54. The molecule has 2 aliphatic rings. The van der Waals surface area contributed by atoms with Gasteiger partial charge in [-0.2, -0.15) is 0 Å². The lowest BCUT2D eigenvalue weighted by Gasteiger charge is -2.37. The van der Waals surface area contributed by atoms with Crippen LogP contribution in [0.2, 0.25) is 0 Å². The molecule has 5 heteroatoms. The molecular formula is C12H24N4O. The standard InChI is InChI=1S/C12H24N4O/c1-15-3-4-16(2)11(9-15)8-14-12(17)5-10-6-13-7-10/h10-11,13H,3-9H2,1-2H3,(H,14,17). The summed E-state index contributed by atoms with van der Waals surface area (Å²) in [6, 6.07) is 0.456. The van der Waals surface area contributed by atoms with Gasteiger partial charge in [0.25, 0.3) is 0 Å². The quantitative estimate of drug-likeness (QED) is 0.659. The SMILES string of the molecule is CN1CCN(C)C(CNC(=O)CC2CNC2)C1. The van der Waals surface area contributed by atoms with Crippen LogP contribution in [-0.2, 0) is 4.79 Å². The van der Waals surface area contributed by atoms with Crippen molar-refractivity contribution in [3.05, 3.63) is 0 Å². The molecular weight excluding hydrogens is 216 g/mol. The third-order valence-electron chi connectivity index (χ3n) is 3.86. The molecule has 1 atom stereocenters. The Bertz CT molecular complexity index is 267. The number of likely N-dealkylation sites (N-methyl/N-ethyl adjacent to an activating group) is 2. The minimum absolute atomic E-state index is 0.207.